The summed E-state index contributed by atoms with van der Waals surface area (Å²) in [5.74, 6) is -0.658. The molecule has 0 saturated carbocycles. The molecule has 2 aromatic rings. The Hall–Kier alpha value is -2.10. The van der Waals surface area contributed by atoms with Gasteiger partial charge in [0.25, 0.3) is 0 Å². The van der Waals surface area contributed by atoms with E-state index >= 15 is 0 Å². The van der Waals surface area contributed by atoms with E-state index in [-0.39, 0.29) is 17.7 Å². The summed E-state index contributed by atoms with van der Waals surface area (Å²) >= 11 is 0. The van der Waals surface area contributed by atoms with Crippen LogP contribution in [0, 0.1) is 0 Å². The Balaban J connectivity index is 2.06. The van der Waals surface area contributed by atoms with Crippen LogP contribution in [0.5, 0.6) is 0 Å². The lowest BCUT2D eigenvalue weighted by Crippen LogP contribution is -2.39. The smallest absolute Gasteiger partial charge is 0.234 e. The summed E-state index contributed by atoms with van der Waals surface area (Å²) in [6, 6.07) is 7.50. The summed E-state index contributed by atoms with van der Waals surface area (Å²) in [7, 11) is 0. The van der Waals surface area contributed by atoms with E-state index in [2.05, 4.69) is 5.32 Å². The maximum absolute atomic E-state index is 11.8. The molecular formula is C13H11NO3. The number of benzene rings is 1. The highest BCUT2D eigenvalue weighted by molar-refractivity contribution is 6.02. The molecule has 1 saturated heterocycles. The molecule has 17 heavy (non-hydrogen) atoms. The maximum Gasteiger partial charge on any atom is 0.234 e. The fraction of sp³-hybridized carbons (Fsp3) is 0.231. The van der Waals surface area contributed by atoms with Gasteiger partial charge in [0.1, 0.15) is 5.58 Å². The van der Waals surface area contributed by atoms with Gasteiger partial charge in [0.05, 0.1) is 12.2 Å². The summed E-state index contributed by atoms with van der Waals surface area (Å²) in [4.78, 5) is 22.9. The first-order valence-corrected chi connectivity index (χ1v) is 5.55. The number of imide groups is 1. The van der Waals surface area contributed by atoms with Crippen molar-refractivity contribution in [2.45, 2.75) is 18.8 Å². The zero-order valence-corrected chi connectivity index (χ0v) is 9.10. The molecule has 4 nitrogen and oxygen atoms in total. The molecule has 1 aromatic heterocycles. The maximum atomic E-state index is 11.8. The zero-order valence-electron chi connectivity index (χ0n) is 9.10. The third-order valence-electron chi connectivity index (χ3n) is 3.14. The number of carbonyl (C=O) groups is 2. The normalized spacial score (nSPS) is 20.6. The van der Waals surface area contributed by atoms with E-state index in [0.29, 0.717) is 12.8 Å². The first-order chi connectivity index (χ1) is 8.25. The van der Waals surface area contributed by atoms with Crippen LogP contribution in [0.2, 0.25) is 0 Å². The van der Waals surface area contributed by atoms with Crippen LogP contribution in [0.25, 0.3) is 11.0 Å². The van der Waals surface area contributed by atoms with Crippen LogP contribution in [0.1, 0.15) is 24.3 Å². The van der Waals surface area contributed by atoms with E-state index in [1.54, 1.807) is 6.26 Å². The Bertz CT molecular complexity index is 599. The van der Waals surface area contributed by atoms with Gasteiger partial charge in [0.15, 0.2) is 0 Å². The van der Waals surface area contributed by atoms with Gasteiger partial charge in [0, 0.05) is 11.8 Å². The summed E-state index contributed by atoms with van der Waals surface area (Å²) < 4.78 is 5.31. The fourth-order valence-electron chi connectivity index (χ4n) is 2.31. The van der Waals surface area contributed by atoms with Crippen LogP contribution in [-0.2, 0) is 9.59 Å². The summed E-state index contributed by atoms with van der Waals surface area (Å²) in [6.45, 7) is 0. The SMILES string of the molecule is O=C1CCC(c2cccc3occc23)C(=O)N1. The molecule has 1 N–H and O–H groups in total. The standard InChI is InChI=1S/C13H11NO3/c15-12-5-4-10(13(16)14-12)8-2-1-3-11-9(8)6-7-17-11/h1-3,6-7,10H,4-5H2,(H,14,15,16). The van der Waals surface area contributed by atoms with Crippen LogP contribution in [-0.4, -0.2) is 11.8 Å². The number of hydrogen-bond acceptors (Lipinski definition) is 3. The van der Waals surface area contributed by atoms with E-state index in [1.807, 2.05) is 24.3 Å². The van der Waals surface area contributed by atoms with Gasteiger partial charge in [-0.2, -0.15) is 0 Å². The first kappa shape index (κ1) is 10.1. The fourth-order valence-corrected chi connectivity index (χ4v) is 2.31. The van der Waals surface area contributed by atoms with Crippen LogP contribution >= 0.6 is 0 Å². The average Bonchev–Trinajstić information content (AvgIpc) is 2.77. The van der Waals surface area contributed by atoms with Crippen LogP contribution in [0.4, 0.5) is 0 Å². The van der Waals surface area contributed by atoms with Crippen molar-refractivity contribution < 1.29 is 14.0 Å². The Morgan fingerprint density at radius 2 is 2.12 bits per heavy atom. The summed E-state index contributed by atoms with van der Waals surface area (Å²) in [5.41, 5.74) is 1.70. The Morgan fingerprint density at radius 1 is 1.24 bits per heavy atom. The Kier molecular flexibility index (Phi) is 2.21. The van der Waals surface area contributed by atoms with Crippen molar-refractivity contribution in [1.82, 2.24) is 5.32 Å². The molecule has 1 aliphatic rings. The Labute approximate surface area is 97.6 Å². The van der Waals surface area contributed by atoms with Crippen LogP contribution in [0.15, 0.2) is 34.9 Å². The van der Waals surface area contributed by atoms with Gasteiger partial charge < -0.3 is 4.42 Å². The van der Waals surface area contributed by atoms with Crippen molar-refractivity contribution >= 4 is 22.8 Å². The van der Waals surface area contributed by atoms with Gasteiger partial charge in [-0.3, -0.25) is 14.9 Å². The molecule has 3 rings (SSSR count). The number of hydrogen-bond donors (Lipinski definition) is 1. The molecule has 86 valence electrons. The van der Waals surface area contributed by atoms with Crippen molar-refractivity contribution in [3.05, 3.63) is 36.1 Å². The highest BCUT2D eigenvalue weighted by Gasteiger charge is 2.29. The second-order valence-corrected chi connectivity index (χ2v) is 4.18. The third-order valence-corrected chi connectivity index (χ3v) is 3.14. The molecular weight excluding hydrogens is 218 g/mol. The molecule has 1 unspecified atom stereocenters. The van der Waals surface area contributed by atoms with Crippen molar-refractivity contribution in [1.29, 1.82) is 0 Å². The van der Waals surface area contributed by atoms with E-state index in [0.717, 1.165) is 16.5 Å². The minimum Gasteiger partial charge on any atom is -0.464 e. The highest BCUT2D eigenvalue weighted by atomic mass is 16.3. The van der Waals surface area contributed by atoms with Gasteiger partial charge in [-0.25, -0.2) is 0 Å². The van der Waals surface area contributed by atoms with Gasteiger partial charge in [0.2, 0.25) is 11.8 Å². The monoisotopic (exact) mass is 229 g/mol. The molecule has 1 atom stereocenters. The molecule has 0 bridgehead atoms. The van der Waals surface area contributed by atoms with E-state index in [4.69, 9.17) is 4.42 Å². The molecule has 0 spiro atoms. The molecule has 1 aliphatic heterocycles. The van der Waals surface area contributed by atoms with Gasteiger partial charge in [-0.05, 0) is 24.1 Å². The largest absolute Gasteiger partial charge is 0.464 e. The summed E-state index contributed by atoms with van der Waals surface area (Å²) in [6.07, 6.45) is 2.57. The van der Waals surface area contributed by atoms with E-state index in [9.17, 15) is 9.59 Å². The van der Waals surface area contributed by atoms with Gasteiger partial charge >= 0.3 is 0 Å². The van der Waals surface area contributed by atoms with E-state index < -0.39 is 0 Å². The average molecular weight is 229 g/mol. The topological polar surface area (TPSA) is 59.3 Å². The predicted molar refractivity (Wildman–Crippen MR) is 61.3 cm³/mol. The second-order valence-electron chi connectivity index (χ2n) is 4.18. The number of carbonyl (C=O) groups excluding carboxylic acids is 2. The molecule has 4 heteroatoms. The quantitative estimate of drug-likeness (QED) is 0.760. The highest BCUT2D eigenvalue weighted by Crippen LogP contribution is 2.31. The lowest BCUT2D eigenvalue weighted by atomic mass is 9.88. The lowest BCUT2D eigenvalue weighted by molar-refractivity contribution is -0.134. The number of amides is 2. The van der Waals surface area contributed by atoms with Crippen molar-refractivity contribution in [2.75, 3.05) is 0 Å². The van der Waals surface area contributed by atoms with Gasteiger partial charge in [-0.15, -0.1) is 0 Å². The number of rotatable bonds is 1. The molecule has 1 fully saturated rings. The number of furan rings is 1. The zero-order chi connectivity index (χ0) is 11.8. The molecule has 2 amide bonds. The minimum atomic E-state index is -0.256. The predicted octanol–water partition coefficient (Wildman–Crippen LogP) is 1.95. The molecule has 0 aliphatic carbocycles. The minimum absolute atomic E-state index is 0.189. The van der Waals surface area contributed by atoms with Crippen molar-refractivity contribution in [3.8, 4) is 0 Å². The number of piperidine rings is 1. The van der Waals surface area contributed by atoms with Gasteiger partial charge in [-0.1, -0.05) is 12.1 Å². The van der Waals surface area contributed by atoms with E-state index in [1.165, 1.54) is 0 Å². The first-order valence-electron chi connectivity index (χ1n) is 5.55. The van der Waals surface area contributed by atoms with Crippen molar-refractivity contribution in [2.24, 2.45) is 0 Å². The lowest BCUT2D eigenvalue weighted by Gasteiger charge is -2.21. The number of fused-ring (bicyclic) bond motifs is 1. The van der Waals surface area contributed by atoms with Crippen LogP contribution < -0.4 is 5.32 Å². The van der Waals surface area contributed by atoms with Crippen LogP contribution in [0.3, 0.4) is 0 Å². The molecule has 1 aromatic carbocycles. The summed E-state index contributed by atoms with van der Waals surface area (Å²) in [5, 5.41) is 3.32. The Morgan fingerprint density at radius 3 is 2.94 bits per heavy atom. The number of nitrogens with one attached hydrogen (secondary N) is 1. The second kappa shape index (κ2) is 3.73. The molecule has 2 heterocycles. The third kappa shape index (κ3) is 1.62. The van der Waals surface area contributed by atoms with Crippen molar-refractivity contribution in [3.63, 3.8) is 0 Å². The molecule has 0 radical (unpaired) electrons.